The summed E-state index contributed by atoms with van der Waals surface area (Å²) in [5, 5.41) is 13.8. The van der Waals surface area contributed by atoms with Crippen molar-refractivity contribution in [2.45, 2.75) is 39.0 Å². The molecule has 7 nitrogen and oxygen atoms in total. The van der Waals surface area contributed by atoms with Crippen molar-refractivity contribution in [2.75, 3.05) is 19.7 Å². The van der Waals surface area contributed by atoms with Gasteiger partial charge in [-0.25, -0.2) is 4.79 Å². The zero-order valence-corrected chi connectivity index (χ0v) is 18.5. The van der Waals surface area contributed by atoms with E-state index in [2.05, 4.69) is 34.9 Å². The fourth-order valence-corrected chi connectivity index (χ4v) is 3.99. The lowest BCUT2D eigenvalue weighted by Crippen LogP contribution is -2.32. The van der Waals surface area contributed by atoms with Crippen molar-refractivity contribution in [3.63, 3.8) is 0 Å². The van der Waals surface area contributed by atoms with Crippen molar-refractivity contribution in [3.05, 3.63) is 59.7 Å². The van der Waals surface area contributed by atoms with Crippen molar-refractivity contribution < 1.29 is 24.2 Å². The molecule has 0 fully saturated rings. The summed E-state index contributed by atoms with van der Waals surface area (Å²) in [6, 6.07) is 16.4. The smallest absolute Gasteiger partial charge is 0.407 e. The van der Waals surface area contributed by atoms with Gasteiger partial charge in [0.05, 0.1) is 0 Å². The number of hydrogen-bond acceptors (Lipinski definition) is 4. The molecule has 2 amide bonds. The van der Waals surface area contributed by atoms with Gasteiger partial charge < -0.3 is 20.5 Å². The lowest BCUT2D eigenvalue weighted by molar-refractivity contribution is -0.138. The SMILES string of the molecule is CC(C)(CCNC(=O)OCC1c2ccccc2-c2ccccc21)CCC(=O)NCC(=O)O. The number of carbonyl (C=O) groups excluding carboxylic acids is 2. The molecule has 2 aromatic rings. The Balaban J connectivity index is 1.43. The second-order valence-corrected chi connectivity index (χ2v) is 8.84. The van der Waals surface area contributed by atoms with Gasteiger partial charge in [0.15, 0.2) is 0 Å². The molecular formula is C25H30N2O5. The Morgan fingerprint density at radius 3 is 2.12 bits per heavy atom. The lowest BCUT2D eigenvalue weighted by Gasteiger charge is -2.24. The number of fused-ring (bicyclic) bond motifs is 3. The van der Waals surface area contributed by atoms with Crippen LogP contribution in [-0.4, -0.2) is 42.8 Å². The van der Waals surface area contributed by atoms with E-state index in [1.165, 1.54) is 22.3 Å². The van der Waals surface area contributed by atoms with Crippen molar-refractivity contribution in [3.8, 4) is 11.1 Å². The second-order valence-electron chi connectivity index (χ2n) is 8.84. The molecule has 170 valence electrons. The minimum absolute atomic E-state index is 0.0221. The molecule has 2 aromatic carbocycles. The van der Waals surface area contributed by atoms with Gasteiger partial charge in [-0.3, -0.25) is 9.59 Å². The maximum Gasteiger partial charge on any atom is 0.407 e. The lowest BCUT2D eigenvalue weighted by atomic mass is 9.84. The highest BCUT2D eigenvalue weighted by Gasteiger charge is 2.29. The van der Waals surface area contributed by atoms with Crippen molar-refractivity contribution in [1.82, 2.24) is 10.6 Å². The zero-order valence-electron chi connectivity index (χ0n) is 18.5. The van der Waals surface area contributed by atoms with Crippen LogP contribution in [0.3, 0.4) is 0 Å². The Morgan fingerprint density at radius 2 is 1.53 bits per heavy atom. The van der Waals surface area contributed by atoms with E-state index in [1.807, 2.05) is 38.1 Å². The minimum atomic E-state index is -1.06. The van der Waals surface area contributed by atoms with Gasteiger partial charge in [-0.2, -0.15) is 0 Å². The number of rotatable bonds is 10. The molecule has 0 saturated heterocycles. The third-order valence-electron chi connectivity index (χ3n) is 5.88. The molecule has 0 atom stereocenters. The highest BCUT2D eigenvalue weighted by molar-refractivity contribution is 5.81. The van der Waals surface area contributed by atoms with Gasteiger partial charge in [-0.15, -0.1) is 0 Å². The predicted molar refractivity (Wildman–Crippen MR) is 121 cm³/mol. The average Bonchev–Trinajstić information content (AvgIpc) is 3.08. The van der Waals surface area contributed by atoms with Gasteiger partial charge in [0, 0.05) is 18.9 Å². The van der Waals surface area contributed by atoms with E-state index in [-0.39, 0.29) is 36.8 Å². The van der Waals surface area contributed by atoms with Crippen LogP contribution < -0.4 is 10.6 Å². The first-order valence-corrected chi connectivity index (χ1v) is 10.8. The van der Waals surface area contributed by atoms with E-state index in [0.717, 1.165) is 0 Å². The van der Waals surface area contributed by atoms with Crippen LogP contribution in [-0.2, 0) is 14.3 Å². The summed E-state index contributed by atoms with van der Waals surface area (Å²) in [5.41, 5.74) is 4.53. The second kappa shape index (κ2) is 10.3. The topological polar surface area (TPSA) is 105 Å². The molecule has 32 heavy (non-hydrogen) atoms. The van der Waals surface area contributed by atoms with Crippen molar-refractivity contribution in [1.29, 1.82) is 0 Å². The Hall–Kier alpha value is -3.35. The van der Waals surface area contributed by atoms with E-state index < -0.39 is 12.1 Å². The number of carbonyl (C=O) groups is 3. The largest absolute Gasteiger partial charge is 0.480 e. The molecule has 0 bridgehead atoms. The molecule has 0 heterocycles. The number of nitrogens with one attached hydrogen (secondary N) is 2. The van der Waals surface area contributed by atoms with Gasteiger partial charge in [-0.1, -0.05) is 62.4 Å². The Kier molecular flexibility index (Phi) is 7.51. The van der Waals surface area contributed by atoms with E-state index in [9.17, 15) is 14.4 Å². The fourth-order valence-electron chi connectivity index (χ4n) is 3.99. The molecule has 0 radical (unpaired) electrons. The molecule has 1 aliphatic rings. The van der Waals surface area contributed by atoms with Crippen LogP contribution in [0.1, 0.15) is 50.2 Å². The maximum atomic E-state index is 12.3. The number of aliphatic carboxylic acids is 1. The summed E-state index contributed by atoms with van der Waals surface area (Å²) < 4.78 is 5.54. The third kappa shape index (κ3) is 6.09. The summed E-state index contributed by atoms with van der Waals surface area (Å²) in [7, 11) is 0. The van der Waals surface area contributed by atoms with E-state index in [0.29, 0.717) is 19.4 Å². The van der Waals surface area contributed by atoms with Crippen LogP contribution in [0.25, 0.3) is 11.1 Å². The quantitative estimate of drug-likeness (QED) is 0.521. The van der Waals surface area contributed by atoms with Gasteiger partial charge in [0.25, 0.3) is 0 Å². The Morgan fingerprint density at radius 1 is 0.938 bits per heavy atom. The number of carboxylic acids is 1. The Labute approximate surface area is 188 Å². The third-order valence-corrected chi connectivity index (χ3v) is 5.88. The zero-order chi connectivity index (χ0) is 23.1. The van der Waals surface area contributed by atoms with Crippen LogP contribution in [0.5, 0.6) is 0 Å². The molecule has 0 aliphatic heterocycles. The standard InChI is InChI=1S/C25H30N2O5/c1-25(2,12-11-22(28)27-15-23(29)30)13-14-26-24(31)32-16-21-19-9-5-3-7-17(19)18-8-4-6-10-20(18)21/h3-10,21H,11-16H2,1-2H3,(H,26,31)(H,27,28)(H,29,30). The summed E-state index contributed by atoms with van der Waals surface area (Å²) in [6.45, 7) is 4.35. The van der Waals surface area contributed by atoms with E-state index in [4.69, 9.17) is 9.84 Å². The van der Waals surface area contributed by atoms with E-state index >= 15 is 0 Å². The van der Waals surface area contributed by atoms with Crippen LogP contribution in [0, 0.1) is 5.41 Å². The Bertz CT molecular complexity index is 940. The summed E-state index contributed by atoms with van der Waals surface area (Å²) in [5.74, 6) is -1.33. The van der Waals surface area contributed by atoms with Crippen molar-refractivity contribution >= 4 is 18.0 Å². The van der Waals surface area contributed by atoms with Gasteiger partial charge in [0.1, 0.15) is 13.2 Å². The number of amides is 2. The van der Waals surface area contributed by atoms with Gasteiger partial charge in [-0.05, 0) is 40.5 Å². The maximum absolute atomic E-state index is 12.3. The van der Waals surface area contributed by atoms with Crippen LogP contribution >= 0.6 is 0 Å². The number of ether oxygens (including phenoxy) is 1. The van der Waals surface area contributed by atoms with Gasteiger partial charge >= 0.3 is 12.1 Å². The van der Waals surface area contributed by atoms with E-state index in [1.54, 1.807) is 0 Å². The number of carboxylic acid groups (broad SMARTS) is 1. The molecule has 3 N–H and O–H groups in total. The molecule has 3 rings (SSSR count). The predicted octanol–water partition coefficient (Wildman–Crippen LogP) is 3.92. The first kappa shape index (κ1) is 23.3. The molecule has 0 spiro atoms. The molecule has 1 aliphatic carbocycles. The van der Waals surface area contributed by atoms with Crippen LogP contribution in [0.4, 0.5) is 4.79 Å². The monoisotopic (exact) mass is 438 g/mol. The van der Waals surface area contributed by atoms with Gasteiger partial charge in [0.2, 0.25) is 5.91 Å². The van der Waals surface area contributed by atoms with Crippen LogP contribution in [0.2, 0.25) is 0 Å². The highest BCUT2D eigenvalue weighted by Crippen LogP contribution is 2.44. The molecule has 0 saturated carbocycles. The van der Waals surface area contributed by atoms with Crippen molar-refractivity contribution in [2.24, 2.45) is 5.41 Å². The van der Waals surface area contributed by atoms with Crippen LogP contribution in [0.15, 0.2) is 48.5 Å². The molecule has 7 heteroatoms. The summed E-state index contributed by atoms with van der Waals surface area (Å²) in [4.78, 5) is 34.5. The number of hydrogen-bond donors (Lipinski definition) is 3. The number of alkyl carbamates (subject to hydrolysis) is 1. The first-order valence-electron chi connectivity index (χ1n) is 10.8. The average molecular weight is 439 g/mol. The first-order chi connectivity index (χ1) is 15.3. The molecule has 0 aromatic heterocycles. The summed E-state index contributed by atoms with van der Waals surface area (Å²) >= 11 is 0. The normalized spacial score (nSPS) is 12.6. The minimum Gasteiger partial charge on any atom is -0.480 e. The summed E-state index contributed by atoms with van der Waals surface area (Å²) in [6.07, 6.45) is 1.04. The fraction of sp³-hybridized carbons (Fsp3) is 0.400. The molecular weight excluding hydrogens is 408 g/mol. The molecule has 0 unspecified atom stereocenters. The highest BCUT2D eigenvalue weighted by atomic mass is 16.5. The number of benzene rings is 2.